The summed E-state index contributed by atoms with van der Waals surface area (Å²) in [4.78, 5) is 29.4. The lowest BCUT2D eigenvalue weighted by Gasteiger charge is -2.22. The molecule has 0 spiro atoms. The van der Waals surface area contributed by atoms with Crippen molar-refractivity contribution in [3.05, 3.63) is 59.0 Å². The SMILES string of the molecule is N#CCCN(C(=O)CCCN1C(=O)C(=Cc2ccc3c(c2)OCO3)SC1=S)c1ccccc1. The van der Waals surface area contributed by atoms with Crippen LogP contribution in [-0.4, -0.2) is 40.9 Å². The minimum Gasteiger partial charge on any atom is -0.454 e. The molecule has 0 N–H and O–H groups in total. The van der Waals surface area contributed by atoms with E-state index in [1.165, 1.54) is 16.7 Å². The maximum absolute atomic E-state index is 12.9. The zero-order valence-corrected chi connectivity index (χ0v) is 19.4. The maximum Gasteiger partial charge on any atom is 0.266 e. The van der Waals surface area contributed by atoms with Gasteiger partial charge in [0.1, 0.15) is 4.32 Å². The Bertz CT molecular complexity index is 1140. The van der Waals surface area contributed by atoms with Crippen molar-refractivity contribution in [2.75, 3.05) is 24.8 Å². The van der Waals surface area contributed by atoms with E-state index in [2.05, 4.69) is 6.07 Å². The van der Waals surface area contributed by atoms with Crippen LogP contribution in [0.2, 0.25) is 0 Å². The second-order valence-electron chi connectivity index (χ2n) is 7.34. The number of carbonyl (C=O) groups excluding carboxylic acids is 2. The molecule has 33 heavy (non-hydrogen) atoms. The van der Waals surface area contributed by atoms with Crippen molar-refractivity contribution in [3.8, 4) is 17.6 Å². The highest BCUT2D eigenvalue weighted by Gasteiger charge is 2.32. The first-order valence-electron chi connectivity index (χ1n) is 10.4. The number of benzene rings is 2. The molecule has 168 valence electrons. The molecule has 4 rings (SSSR count). The minimum absolute atomic E-state index is 0.0854. The predicted molar refractivity (Wildman–Crippen MR) is 131 cm³/mol. The molecule has 2 aromatic rings. The summed E-state index contributed by atoms with van der Waals surface area (Å²) in [6.45, 7) is 0.881. The first-order chi connectivity index (χ1) is 16.1. The number of nitriles is 1. The van der Waals surface area contributed by atoms with Crippen LogP contribution in [-0.2, 0) is 9.59 Å². The van der Waals surface area contributed by atoms with Crippen LogP contribution in [0.5, 0.6) is 11.5 Å². The Hall–Kier alpha value is -3.35. The summed E-state index contributed by atoms with van der Waals surface area (Å²) in [5.41, 5.74) is 1.58. The number of ether oxygens (including phenoxy) is 2. The molecule has 7 nitrogen and oxygen atoms in total. The fourth-order valence-corrected chi connectivity index (χ4v) is 4.85. The third-order valence-electron chi connectivity index (χ3n) is 5.16. The summed E-state index contributed by atoms with van der Waals surface area (Å²) in [5, 5.41) is 8.93. The van der Waals surface area contributed by atoms with Crippen molar-refractivity contribution in [1.82, 2.24) is 4.90 Å². The Labute approximate surface area is 201 Å². The predicted octanol–water partition coefficient (Wildman–Crippen LogP) is 4.34. The van der Waals surface area contributed by atoms with Gasteiger partial charge in [-0.1, -0.05) is 48.2 Å². The second-order valence-corrected chi connectivity index (χ2v) is 9.01. The zero-order chi connectivity index (χ0) is 23.2. The van der Waals surface area contributed by atoms with Crippen molar-refractivity contribution in [3.63, 3.8) is 0 Å². The van der Waals surface area contributed by atoms with E-state index in [4.69, 9.17) is 27.0 Å². The van der Waals surface area contributed by atoms with E-state index < -0.39 is 0 Å². The average Bonchev–Trinajstić information content (AvgIpc) is 3.39. The van der Waals surface area contributed by atoms with E-state index in [0.717, 1.165) is 11.3 Å². The number of thioether (sulfide) groups is 1. The van der Waals surface area contributed by atoms with E-state index in [-0.39, 0.29) is 31.4 Å². The molecule has 2 aliphatic rings. The van der Waals surface area contributed by atoms with E-state index in [1.54, 1.807) is 11.0 Å². The number of carbonyl (C=O) groups is 2. The normalized spacial score (nSPS) is 15.7. The maximum atomic E-state index is 12.9. The first kappa shape index (κ1) is 22.8. The van der Waals surface area contributed by atoms with Gasteiger partial charge in [-0.2, -0.15) is 5.26 Å². The van der Waals surface area contributed by atoms with Crippen LogP contribution >= 0.6 is 24.0 Å². The van der Waals surface area contributed by atoms with Crippen molar-refractivity contribution in [2.24, 2.45) is 0 Å². The number of amides is 2. The summed E-state index contributed by atoms with van der Waals surface area (Å²) in [6, 6.07) is 16.9. The lowest BCUT2D eigenvalue weighted by molar-refractivity contribution is -0.123. The monoisotopic (exact) mass is 479 g/mol. The van der Waals surface area contributed by atoms with Crippen LogP contribution in [0.4, 0.5) is 5.69 Å². The highest BCUT2D eigenvalue weighted by Crippen LogP contribution is 2.36. The van der Waals surface area contributed by atoms with Gasteiger partial charge in [-0.25, -0.2) is 0 Å². The van der Waals surface area contributed by atoms with Crippen LogP contribution in [0.15, 0.2) is 53.4 Å². The standard InChI is InChI=1S/C24H21N3O4S2/c25-11-5-13-26(18-6-2-1-3-7-18)22(28)8-4-12-27-23(29)21(33-24(27)32)15-17-9-10-19-20(14-17)31-16-30-19/h1-3,6-7,9-10,14-15H,4-5,8,12-13,16H2. The lowest BCUT2D eigenvalue weighted by Crippen LogP contribution is -2.33. The van der Waals surface area contributed by atoms with Gasteiger partial charge in [-0.15, -0.1) is 0 Å². The molecular weight excluding hydrogens is 458 g/mol. The fourth-order valence-electron chi connectivity index (χ4n) is 3.54. The topological polar surface area (TPSA) is 82.9 Å². The Morgan fingerprint density at radius 2 is 2.00 bits per heavy atom. The molecule has 0 saturated carbocycles. The molecule has 0 aliphatic carbocycles. The number of hydrogen-bond donors (Lipinski definition) is 0. The van der Waals surface area contributed by atoms with Gasteiger partial charge >= 0.3 is 0 Å². The van der Waals surface area contributed by atoms with Gasteiger partial charge in [-0.05, 0) is 42.3 Å². The molecular formula is C24H21N3O4S2. The number of thiocarbonyl (C=S) groups is 1. The van der Waals surface area contributed by atoms with E-state index in [0.29, 0.717) is 40.2 Å². The molecule has 9 heteroatoms. The van der Waals surface area contributed by atoms with Crippen LogP contribution in [0, 0.1) is 11.3 Å². The van der Waals surface area contributed by atoms with Crippen molar-refractivity contribution in [1.29, 1.82) is 5.26 Å². The van der Waals surface area contributed by atoms with Gasteiger partial charge < -0.3 is 14.4 Å². The largest absolute Gasteiger partial charge is 0.454 e. The summed E-state index contributed by atoms with van der Waals surface area (Å²) < 4.78 is 11.2. The summed E-state index contributed by atoms with van der Waals surface area (Å²) in [6.07, 6.45) is 2.75. The Kier molecular flexibility index (Phi) is 7.27. The van der Waals surface area contributed by atoms with E-state index in [1.807, 2.05) is 48.5 Å². The number of fused-ring (bicyclic) bond motifs is 1. The van der Waals surface area contributed by atoms with Gasteiger partial charge in [0.25, 0.3) is 5.91 Å². The molecule has 2 aromatic carbocycles. The molecule has 1 saturated heterocycles. The molecule has 1 fully saturated rings. The molecule has 2 amide bonds. The van der Waals surface area contributed by atoms with Crippen LogP contribution in [0.3, 0.4) is 0 Å². The average molecular weight is 480 g/mol. The third-order valence-corrected chi connectivity index (χ3v) is 6.53. The van der Waals surface area contributed by atoms with E-state index in [9.17, 15) is 9.59 Å². The quantitative estimate of drug-likeness (QED) is 0.411. The Morgan fingerprint density at radius 1 is 1.21 bits per heavy atom. The molecule has 0 bridgehead atoms. The van der Waals surface area contributed by atoms with E-state index >= 15 is 0 Å². The highest BCUT2D eigenvalue weighted by atomic mass is 32.2. The van der Waals surface area contributed by atoms with Gasteiger partial charge in [-0.3, -0.25) is 14.5 Å². The van der Waals surface area contributed by atoms with Gasteiger partial charge in [0.2, 0.25) is 12.7 Å². The van der Waals surface area contributed by atoms with Gasteiger partial charge in [0.05, 0.1) is 17.4 Å². The van der Waals surface area contributed by atoms with Crippen molar-refractivity contribution in [2.45, 2.75) is 19.3 Å². The summed E-state index contributed by atoms with van der Waals surface area (Å²) >= 11 is 6.65. The smallest absolute Gasteiger partial charge is 0.266 e. The molecule has 0 aromatic heterocycles. The minimum atomic E-state index is -0.167. The van der Waals surface area contributed by atoms with Gasteiger partial charge in [0.15, 0.2) is 11.5 Å². The van der Waals surface area contributed by atoms with Crippen LogP contribution in [0.1, 0.15) is 24.8 Å². The molecule has 0 radical (unpaired) electrons. The molecule has 0 atom stereocenters. The van der Waals surface area contributed by atoms with Crippen LogP contribution < -0.4 is 14.4 Å². The van der Waals surface area contributed by atoms with Gasteiger partial charge in [0, 0.05) is 25.2 Å². The molecule has 2 heterocycles. The number of nitrogens with zero attached hydrogens (tertiary/aromatic N) is 3. The summed E-state index contributed by atoms with van der Waals surface area (Å²) in [7, 11) is 0. The van der Waals surface area contributed by atoms with Crippen molar-refractivity contribution < 1.29 is 19.1 Å². The Morgan fingerprint density at radius 3 is 2.79 bits per heavy atom. The first-order valence-corrected chi connectivity index (χ1v) is 11.7. The summed E-state index contributed by atoms with van der Waals surface area (Å²) in [5.74, 6) is 1.08. The molecule has 0 unspecified atom stereocenters. The fraction of sp³-hybridized carbons (Fsp3) is 0.250. The number of hydrogen-bond acceptors (Lipinski definition) is 7. The molecule has 2 aliphatic heterocycles. The highest BCUT2D eigenvalue weighted by molar-refractivity contribution is 8.26. The lowest BCUT2D eigenvalue weighted by atomic mass is 10.2. The van der Waals surface area contributed by atoms with Crippen LogP contribution in [0.25, 0.3) is 6.08 Å². The zero-order valence-electron chi connectivity index (χ0n) is 17.7. The second kappa shape index (κ2) is 10.5. The van der Waals surface area contributed by atoms with Crippen molar-refractivity contribution >= 4 is 51.9 Å². The number of anilines is 1. The Balaban J connectivity index is 1.36. The number of rotatable bonds is 8. The third kappa shape index (κ3) is 5.35. The number of para-hydroxylation sites is 1.